The molecule has 2 aromatic rings. The fourth-order valence-corrected chi connectivity index (χ4v) is 2.51. The molecule has 2 N–H and O–H groups in total. The van der Waals surface area contributed by atoms with E-state index in [0.717, 1.165) is 0 Å². The number of hydrogen-bond donors (Lipinski definition) is 2. The van der Waals surface area contributed by atoms with Gasteiger partial charge in [0.05, 0.1) is 4.92 Å². The van der Waals surface area contributed by atoms with Gasteiger partial charge in [-0.15, -0.1) is 0 Å². The quantitative estimate of drug-likeness (QED) is 0.346. The Kier molecular flexibility index (Phi) is 6.46. The number of carbonyl (C=O) groups is 1. The highest BCUT2D eigenvalue weighted by Gasteiger charge is 2.07. The standard InChI is InChI=1S/C16H11Cl2N3O3S/c17-11-6-4-10(14(18)8-11)5-7-15(22)20-16(25)19-12-2-1-3-13(9-12)21(23)24/h1-9H,(H2,19,20,22,25)/b7-5+. The number of thiocarbonyl (C=S) groups is 1. The number of nitrogens with zero attached hydrogens (tertiary/aromatic N) is 1. The Morgan fingerprint density at radius 3 is 2.64 bits per heavy atom. The fourth-order valence-electron chi connectivity index (χ4n) is 1.82. The van der Waals surface area contributed by atoms with Gasteiger partial charge in [-0.05, 0) is 42.1 Å². The van der Waals surface area contributed by atoms with Gasteiger partial charge in [-0.3, -0.25) is 20.2 Å². The zero-order chi connectivity index (χ0) is 18.4. The highest BCUT2D eigenvalue weighted by molar-refractivity contribution is 7.80. The molecule has 0 heterocycles. The van der Waals surface area contributed by atoms with Gasteiger partial charge in [-0.2, -0.15) is 0 Å². The predicted molar refractivity (Wildman–Crippen MR) is 103 cm³/mol. The molecule has 0 spiro atoms. The molecule has 0 aliphatic rings. The summed E-state index contributed by atoms with van der Waals surface area (Å²) < 4.78 is 0. The first-order valence-electron chi connectivity index (χ1n) is 6.85. The van der Waals surface area contributed by atoms with Crippen molar-refractivity contribution in [2.75, 3.05) is 5.32 Å². The number of benzene rings is 2. The monoisotopic (exact) mass is 395 g/mol. The summed E-state index contributed by atoms with van der Waals surface area (Å²) in [5, 5.41) is 16.8. The Balaban J connectivity index is 1.96. The third kappa shape index (κ3) is 5.82. The van der Waals surface area contributed by atoms with Gasteiger partial charge in [0.1, 0.15) is 0 Å². The lowest BCUT2D eigenvalue weighted by atomic mass is 10.2. The van der Waals surface area contributed by atoms with Gasteiger partial charge in [0.2, 0.25) is 5.91 Å². The third-order valence-electron chi connectivity index (χ3n) is 2.93. The summed E-state index contributed by atoms with van der Waals surface area (Å²) in [4.78, 5) is 22.1. The lowest BCUT2D eigenvalue weighted by Crippen LogP contribution is -2.32. The molecule has 0 unspecified atom stereocenters. The molecule has 9 heteroatoms. The number of halogens is 2. The molecule has 0 saturated heterocycles. The highest BCUT2D eigenvalue weighted by atomic mass is 35.5. The van der Waals surface area contributed by atoms with Crippen LogP contribution in [-0.4, -0.2) is 15.9 Å². The number of nitrogens with one attached hydrogen (secondary N) is 2. The fraction of sp³-hybridized carbons (Fsp3) is 0. The molecule has 0 aliphatic carbocycles. The third-order valence-corrected chi connectivity index (χ3v) is 3.69. The van der Waals surface area contributed by atoms with Crippen molar-refractivity contribution in [3.05, 3.63) is 74.3 Å². The number of hydrogen-bond acceptors (Lipinski definition) is 4. The molecule has 0 aliphatic heterocycles. The van der Waals surface area contributed by atoms with E-state index >= 15 is 0 Å². The van der Waals surface area contributed by atoms with Crippen LogP contribution >= 0.6 is 35.4 Å². The van der Waals surface area contributed by atoms with Gasteiger partial charge in [0.25, 0.3) is 5.69 Å². The SMILES string of the molecule is O=C(/C=C/c1ccc(Cl)cc1Cl)NC(=S)Nc1cccc([N+](=O)[O-])c1. The van der Waals surface area contributed by atoms with E-state index in [2.05, 4.69) is 10.6 Å². The molecule has 2 rings (SSSR count). The number of amides is 1. The van der Waals surface area contributed by atoms with Crippen molar-refractivity contribution in [1.29, 1.82) is 0 Å². The molecule has 25 heavy (non-hydrogen) atoms. The topological polar surface area (TPSA) is 84.3 Å². The Hall–Kier alpha value is -2.48. The molecular formula is C16H11Cl2N3O3S. The second-order valence-electron chi connectivity index (χ2n) is 4.75. The first-order valence-corrected chi connectivity index (χ1v) is 8.01. The van der Waals surface area contributed by atoms with Gasteiger partial charge in [0, 0.05) is 33.9 Å². The van der Waals surface area contributed by atoms with E-state index in [1.165, 1.54) is 30.4 Å². The molecular weight excluding hydrogens is 385 g/mol. The first kappa shape index (κ1) is 18.9. The molecule has 0 aromatic heterocycles. The lowest BCUT2D eigenvalue weighted by molar-refractivity contribution is -0.384. The van der Waals surface area contributed by atoms with Crippen LogP contribution < -0.4 is 10.6 Å². The highest BCUT2D eigenvalue weighted by Crippen LogP contribution is 2.22. The number of carbonyl (C=O) groups excluding carboxylic acids is 1. The number of anilines is 1. The van der Waals surface area contributed by atoms with Gasteiger partial charge < -0.3 is 5.32 Å². The molecule has 0 bridgehead atoms. The maximum Gasteiger partial charge on any atom is 0.271 e. The average Bonchev–Trinajstić information content (AvgIpc) is 2.54. The zero-order valence-electron chi connectivity index (χ0n) is 12.5. The maximum absolute atomic E-state index is 11.9. The minimum atomic E-state index is -0.522. The molecule has 0 saturated carbocycles. The summed E-state index contributed by atoms with van der Waals surface area (Å²) in [7, 11) is 0. The van der Waals surface area contributed by atoms with Crippen molar-refractivity contribution < 1.29 is 9.72 Å². The second-order valence-corrected chi connectivity index (χ2v) is 6.00. The molecule has 0 fully saturated rings. The van der Waals surface area contributed by atoms with Gasteiger partial charge >= 0.3 is 0 Å². The van der Waals surface area contributed by atoms with E-state index in [1.807, 2.05) is 0 Å². The van der Waals surface area contributed by atoms with Crippen LogP contribution in [0.2, 0.25) is 10.0 Å². The van der Waals surface area contributed by atoms with Gasteiger partial charge in [0.15, 0.2) is 5.11 Å². The van der Waals surface area contributed by atoms with E-state index in [4.69, 9.17) is 35.4 Å². The maximum atomic E-state index is 11.9. The van der Waals surface area contributed by atoms with Crippen molar-refractivity contribution in [1.82, 2.24) is 5.32 Å². The average molecular weight is 396 g/mol. The van der Waals surface area contributed by atoms with E-state index in [0.29, 0.717) is 21.3 Å². The van der Waals surface area contributed by atoms with Gasteiger partial charge in [-0.25, -0.2) is 0 Å². The van der Waals surface area contributed by atoms with Crippen LogP contribution in [0.5, 0.6) is 0 Å². The summed E-state index contributed by atoms with van der Waals surface area (Å²) in [5.74, 6) is -0.478. The smallest absolute Gasteiger partial charge is 0.271 e. The Bertz CT molecular complexity index is 871. The molecule has 0 radical (unpaired) electrons. The molecule has 6 nitrogen and oxygen atoms in total. The zero-order valence-corrected chi connectivity index (χ0v) is 14.9. The van der Waals surface area contributed by atoms with Crippen LogP contribution in [0.4, 0.5) is 11.4 Å². The van der Waals surface area contributed by atoms with Crippen molar-refractivity contribution in [3.8, 4) is 0 Å². The summed E-state index contributed by atoms with van der Waals surface area (Å²) in [6, 6.07) is 10.7. The normalized spacial score (nSPS) is 10.5. The van der Waals surface area contributed by atoms with Crippen molar-refractivity contribution in [2.45, 2.75) is 0 Å². The van der Waals surface area contributed by atoms with Crippen LogP contribution in [0.25, 0.3) is 6.08 Å². The predicted octanol–water partition coefficient (Wildman–Crippen LogP) is 4.43. The number of non-ortho nitro benzene ring substituents is 1. The number of nitro benzene ring substituents is 1. The van der Waals surface area contributed by atoms with Crippen LogP contribution in [0, 0.1) is 10.1 Å². The molecule has 2 aromatic carbocycles. The van der Waals surface area contributed by atoms with E-state index < -0.39 is 10.8 Å². The van der Waals surface area contributed by atoms with Crippen LogP contribution in [-0.2, 0) is 4.79 Å². The summed E-state index contributed by atoms with van der Waals surface area (Å²) in [6.45, 7) is 0. The molecule has 0 atom stereocenters. The van der Waals surface area contributed by atoms with Crippen molar-refractivity contribution in [3.63, 3.8) is 0 Å². The molecule has 128 valence electrons. The molecule has 1 amide bonds. The van der Waals surface area contributed by atoms with E-state index in [-0.39, 0.29) is 10.8 Å². The van der Waals surface area contributed by atoms with Gasteiger partial charge in [-0.1, -0.05) is 35.3 Å². The van der Waals surface area contributed by atoms with Crippen LogP contribution in [0.15, 0.2) is 48.5 Å². The number of nitro groups is 1. The van der Waals surface area contributed by atoms with Crippen molar-refractivity contribution in [2.24, 2.45) is 0 Å². The first-order chi connectivity index (χ1) is 11.8. The Morgan fingerprint density at radius 2 is 1.96 bits per heavy atom. The Morgan fingerprint density at radius 1 is 1.20 bits per heavy atom. The van der Waals surface area contributed by atoms with Crippen LogP contribution in [0.3, 0.4) is 0 Å². The Labute approximate surface area is 158 Å². The minimum Gasteiger partial charge on any atom is -0.332 e. The lowest BCUT2D eigenvalue weighted by Gasteiger charge is -2.07. The summed E-state index contributed by atoms with van der Waals surface area (Å²) >= 11 is 16.8. The number of rotatable bonds is 4. The minimum absolute atomic E-state index is 0.0114. The summed E-state index contributed by atoms with van der Waals surface area (Å²) in [5.41, 5.74) is 0.930. The van der Waals surface area contributed by atoms with Crippen molar-refractivity contribution >= 4 is 63.9 Å². The van der Waals surface area contributed by atoms with E-state index in [9.17, 15) is 14.9 Å². The largest absolute Gasteiger partial charge is 0.332 e. The van der Waals surface area contributed by atoms with E-state index in [1.54, 1.807) is 24.3 Å². The summed E-state index contributed by atoms with van der Waals surface area (Å²) in [6.07, 6.45) is 2.78. The van der Waals surface area contributed by atoms with Crippen LogP contribution in [0.1, 0.15) is 5.56 Å². The second kappa shape index (κ2) is 8.57.